The Balaban J connectivity index is 0.00000242. The van der Waals surface area contributed by atoms with Gasteiger partial charge in [-0.1, -0.05) is 18.5 Å². The number of halogens is 4. The third-order valence-corrected chi connectivity index (χ3v) is 3.74. The van der Waals surface area contributed by atoms with Gasteiger partial charge in [0.15, 0.2) is 0 Å². The van der Waals surface area contributed by atoms with Gasteiger partial charge in [0.05, 0.1) is 5.56 Å². The molecule has 22 heavy (non-hydrogen) atoms. The van der Waals surface area contributed by atoms with Crippen LogP contribution >= 0.6 is 24.0 Å². The van der Waals surface area contributed by atoms with E-state index in [-0.39, 0.29) is 35.7 Å². The van der Waals surface area contributed by atoms with Crippen LogP contribution in [0.25, 0.3) is 0 Å². The maximum Gasteiger partial charge on any atom is 0.387 e. The number of piperidine rings is 1. The number of alkyl halides is 2. The van der Waals surface area contributed by atoms with Crippen LogP contribution in [0.15, 0.2) is 18.2 Å². The molecular weight excluding hydrogens is 337 g/mol. The van der Waals surface area contributed by atoms with Gasteiger partial charge in [0.1, 0.15) is 5.75 Å². The van der Waals surface area contributed by atoms with Gasteiger partial charge in [-0.3, -0.25) is 4.79 Å². The first kappa shape index (κ1) is 18.9. The van der Waals surface area contributed by atoms with Crippen molar-refractivity contribution in [2.75, 3.05) is 13.1 Å². The number of amides is 1. The topological polar surface area (TPSA) is 50.4 Å². The number of benzene rings is 1. The molecule has 124 valence electrons. The van der Waals surface area contributed by atoms with Crippen LogP contribution in [0.5, 0.6) is 5.75 Å². The Bertz CT molecular complexity index is 518. The lowest BCUT2D eigenvalue weighted by molar-refractivity contribution is -0.0501. The Morgan fingerprint density at radius 1 is 1.50 bits per heavy atom. The van der Waals surface area contributed by atoms with Gasteiger partial charge in [-0.2, -0.15) is 8.78 Å². The summed E-state index contributed by atoms with van der Waals surface area (Å²) in [6.45, 7) is 0.646. The molecule has 1 fully saturated rings. The Morgan fingerprint density at radius 3 is 2.86 bits per heavy atom. The molecule has 1 amide bonds. The molecule has 0 aliphatic carbocycles. The smallest absolute Gasteiger partial charge is 0.387 e. The van der Waals surface area contributed by atoms with Crippen molar-refractivity contribution in [2.45, 2.75) is 26.0 Å². The molecule has 0 radical (unpaired) electrons. The van der Waals surface area contributed by atoms with E-state index in [1.807, 2.05) is 6.92 Å². The van der Waals surface area contributed by atoms with Gasteiger partial charge in [0, 0.05) is 11.1 Å². The third-order valence-electron chi connectivity index (χ3n) is 3.50. The van der Waals surface area contributed by atoms with Crippen LogP contribution in [0.3, 0.4) is 0 Å². The van der Waals surface area contributed by atoms with E-state index in [1.165, 1.54) is 18.2 Å². The van der Waals surface area contributed by atoms with E-state index in [0.29, 0.717) is 5.02 Å². The van der Waals surface area contributed by atoms with Gasteiger partial charge in [0.25, 0.3) is 5.91 Å². The lowest BCUT2D eigenvalue weighted by Gasteiger charge is -2.30. The van der Waals surface area contributed by atoms with Crippen molar-refractivity contribution in [3.63, 3.8) is 0 Å². The molecule has 2 rings (SSSR count). The van der Waals surface area contributed by atoms with Crippen molar-refractivity contribution < 1.29 is 18.3 Å². The first-order valence-corrected chi connectivity index (χ1v) is 7.11. The summed E-state index contributed by atoms with van der Waals surface area (Å²) < 4.78 is 29.2. The molecule has 4 nitrogen and oxygen atoms in total. The molecule has 0 saturated carbocycles. The Hall–Kier alpha value is -1.11. The highest BCUT2D eigenvalue weighted by Crippen LogP contribution is 2.25. The summed E-state index contributed by atoms with van der Waals surface area (Å²) in [5.74, 6) is -0.360. The van der Waals surface area contributed by atoms with Crippen molar-refractivity contribution in [2.24, 2.45) is 5.92 Å². The Labute approximate surface area is 139 Å². The van der Waals surface area contributed by atoms with E-state index in [9.17, 15) is 13.6 Å². The van der Waals surface area contributed by atoms with Crippen molar-refractivity contribution >= 4 is 29.9 Å². The zero-order valence-electron chi connectivity index (χ0n) is 11.9. The van der Waals surface area contributed by atoms with Gasteiger partial charge >= 0.3 is 6.61 Å². The lowest BCUT2D eigenvalue weighted by atomic mass is 9.95. The number of nitrogens with one attached hydrogen (secondary N) is 2. The van der Waals surface area contributed by atoms with Crippen LogP contribution in [0.2, 0.25) is 5.02 Å². The number of carbonyl (C=O) groups is 1. The third kappa shape index (κ3) is 4.97. The lowest BCUT2D eigenvalue weighted by Crippen LogP contribution is -2.48. The molecule has 1 heterocycles. The largest absolute Gasteiger partial charge is 0.434 e. The van der Waals surface area contributed by atoms with E-state index in [1.54, 1.807) is 0 Å². The van der Waals surface area contributed by atoms with Gasteiger partial charge in [-0.25, -0.2) is 0 Å². The molecule has 8 heteroatoms. The second kappa shape index (κ2) is 8.50. The molecular formula is C14H18Cl2F2N2O2. The normalized spacial score (nSPS) is 21.1. The second-order valence-corrected chi connectivity index (χ2v) is 5.51. The summed E-state index contributed by atoms with van der Waals surface area (Å²) >= 11 is 5.84. The zero-order chi connectivity index (χ0) is 15.4. The molecule has 0 spiro atoms. The van der Waals surface area contributed by atoms with Crippen LogP contribution in [-0.4, -0.2) is 31.7 Å². The fourth-order valence-corrected chi connectivity index (χ4v) is 2.53. The van der Waals surface area contributed by atoms with Crippen LogP contribution in [0.4, 0.5) is 8.78 Å². The van der Waals surface area contributed by atoms with E-state index >= 15 is 0 Å². The van der Waals surface area contributed by atoms with E-state index < -0.39 is 12.5 Å². The van der Waals surface area contributed by atoms with E-state index in [0.717, 1.165) is 19.5 Å². The molecule has 2 atom stereocenters. The van der Waals surface area contributed by atoms with Crippen LogP contribution < -0.4 is 15.4 Å². The molecule has 2 unspecified atom stereocenters. The highest BCUT2D eigenvalue weighted by Gasteiger charge is 2.25. The Morgan fingerprint density at radius 2 is 2.23 bits per heavy atom. The molecule has 2 N–H and O–H groups in total. The Kier molecular flexibility index (Phi) is 7.32. The number of hydrogen-bond donors (Lipinski definition) is 2. The predicted molar refractivity (Wildman–Crippen MR) is 83.2 cm³/mol. The zero-order valence-corrected chi connectivity index (χ0v) is 13.5. The average Bonchev–Trinajstić information content (AvgIpc) is 2.43. The maximum absolute atomic E-state index is 12.4. The molecule has 1 aliphatic heterocycles. The molecule has 1 aromatic carbocycles. The van der Waals surface area contributed by atoms with Crippen molar-refractivity contribution in [1.82, 2.24) is 10.6 Å². The minimum Gasteiger partial charge on any atom is -0.434 e. The van der Waals surface area contributed by atoms with E-state index in [4.69, 9.17) is 11.6 Å². The van der Waals surface area contributed by atoms with Gasteiger partial charge in [0.2, 0.25) is 0 Å². The van der Waals surface area contributed by atoms with Crippen LogP contribution in [-0.2, 0) is 0 Å². The first-order chi connectivity index (χ1) is 9.97. The fraction of sp³-hybridized carbons (Fsp3) is 0.500. The number of rotatable bonds is 4. The minimum absolute atomic E-state index is 0. The monoisotopic (exact) mass is 354 g/mol. The summed E-state index contributed by atoms with van der Waals surface area (Å²) in [4.78, 5) is 12.3. The quantitative estimate of drug-likeness (QED) is 0.873. The molecule has 1 saturated heterocycles. The number of ether oxygens (including phenoxy) is 1. The highest BCUT2D eigenvalue weighted by molar-refractivity contribution is 6.31. The molecule has 0 aromatic heterocycles. The average molecular weight is 355 g/mol. The summed E-state index contributed by atoms with van der Waals surface area (Å²) in [5, 5.41) is 6.38. The molecule has 1 aliphatic rings. The summed E-state index contributed by atoms with van der Waals surface area (Å²) in [7, 11) is 0. The summed E-state index contributed by atoms with van der Waals surface area (Å²) in [5.41, 5.74) is 0.0218. The molecule has 0 bridgehead atoms. The van der Waals surface area contributed by atoms with Gasteiger partial charge < -0.3 is 15.4 Å². The van der Waals surface area contributed by atoms with Crippen LogP contribution in [0, 0.1) is 5.92 Å². The maximum atomic E-state index is 12.4. The standard InChI is InChI=1S/C14H17ClF2N2O2.ClH/c1-8-7-18-5-4-11(8)19-13(20)10-6-9(15)2-3-12(10)21-14(16)17;/h2-3,6,8,11,14,18H,4-5,7H2,1H3,(H,19,20);1H. The van der Waals surface area contributed by atoms with E-state index in [2.05, 4.69) is 15.4 Å². The summed E-state index contributed by atoms with van der Waals surface area (Å²) in [6.07, 6.45) is 0.790. The predicted octanol–water partition coefficient (Wildman–Crippen LogP) is 3.09. The number of carbonyl (C=O) groups excluding carboxylic acids is 1. The summed E-state index contributed by atoms with van der Waals surface area (Å²) in [6, 6.07) is 4.01. The van der Waals surface area contributed by atoms with Crippen molar-refractivity contribution in [1.29, 1.82) is 0 Å². The minimum atomic E-state index is -2.99. The SMILES string of the molecule is CC1CNCCC1NC(=O)c1cc(Cl)ccc1OC(F)F.Cl. The number of hydrogen-bond acceptors (Lipinski definition) is 3. The van der Waals surface area contributed by atoms with Gasteiger partial charge in [-0.15, -0.1) is 12.4 Å². The van der Waals surface area contributed by atoms with Crippen molar-refractivity contribution in [3.05, 3.63) is 28.8 Å². The fourth-order valence-electron chi connectivity index (χ4n) is 2.35. The van der Waals surface area contributed by atoms with Crippen molar-refractivity contribution in [3.8, 4) is 5.75 Å². The molecule has 1 aromatic rings. The van der Waals surface area contributed by atoms with Gasteiger partial charge in [-0.05, 0) is 43.6 Å². The van der Waals surface area contributed by atoms with Crippen LogP contribution in [0.1, 0.15) is 23.7 Å². The highest BCUT2D eigenvalue weighted by atomic mass is 35.5. The first-order valence-electron chi connectivity index (χ1n) is 6.73. The second-order valence-electron chi connectivity index (χ2n) is 5.07.